The van der Waals surface area contributed by atoms with Gasteiger partial charge in [-0.1, -0.05) is 6.92 Å². The third kappa shape index (κ3) is 5.13. The van der Waals surface area contributed by atoms with Crippen molar-refractivity contribution in [3.05, 3.63) is 24.2 Å². The molecule has 2 rings (SSSR count). The Morgan fingerprint density at radius 2 is 1.90 bits per heavy atom. The minimum atomic E-state index is -0.275. The Bertz CT molecular complexity index is 451. The number of carbonyl (C=O) groups excluding carboxylic acids is 2. The number of amides is 3. The molecule has 1 saturated carbocycles. The Labute approximate surface area is 124 Å². The van der Waals surface area contributed by atoms with Gasteiger partial charge in [-0.05, 0) is 43.7 Å². The third-order valence-corrected chi connectivity index (χ3v) is 3.79. The first-order valence-electron chi connectivity index (χ1n) is 7.51. The monoisotopic (exact) mass is 293 g/mol. The van der Waals surface area contributed by atoms with Gasteiger partial charge in [0.15, 0.2) is 5.76 Å². The maximum atomic E-state index is 11.7. The SMILES string of the molecule is CC1CCC(NC(=O)NCCNC(=O)c2ccco2)CC1. The van der Waals surface area contributed by atoms with E-state index in [2.05, 4.69) is 22.9 Å². The summed E-state index contributed by atoms with van der Waals surface area (Å²) in [6.07, 6.45) is 5.88. The second-order valence-corrected chi connectivity index (χ2v) is 5.59. The zero-order valence-electron chi connectivity index (χ0n) is 12.4. The lowest BCUT2D eigenvalue weighted by Crippen LogP contribution is -2.45. The Morgan fingerprint density at radius 3 is 2.57 bits per heavy atom. The number of nitrogens with one attached hydrogen (secondary N) is 3. The predicted octanol–water partition coefficient (Wildman–Crippen LogP) is 1.89. The number of furan rings is 1. The topological polar surface area (TPSA) is 83.4 Å². The fourth-order valence-corrected chi connectivity index (χ4v) is 2.49. The van der Waals surface area contributed by atoms with Crippen LogP contribution in [0.15, 0.2) is 22.8 Å². The van der Waals surface area contributed by atoms with E-state index in [1.54, 1.807) is 12.1 Å². The van der Waals surface area contributed by atoms with E-state index >= 15 is 0 Å². The smallest absolute Gasteiger partial charge is 0.315 e. The van der Waals surface area contributed by atoms with E-state index in [0.29, 0.717) is 13.1 Å². The van der Waals surface area contributed by atoms with E-state index in [1.807, 2.05) is 0 Å². The summed E-state index contributed by atoms with van der Waals surface area (Å²) in [6.45, 7) is 3.01. The first-order chi connectivity index (χ1) is 10.1. The molecule has 0 unspecified atom stereocenters. The van der Waals surface area contributed by atoms with Crippen LogP contribution in [-0.2, 0) is 0 Å². The summed E-state index contributed by atoms with van der Waals surface area (Å²) in [4.78, 5) is 23.3. The van der Waals surface area contributed by atoms with Crippen molar-refractivity contribution in [2.45, 2.75) is 38.6 Å². The Hall–Kier alpha value is -1.98. The molecule has 3 N–H and O–H groups in total. The van der Waals surface area contributed by atoms with Crippen molar-refractivity contribution in [1.29, 1.82) is 0 Å². The largest absolute Gasteiger partial charge is 0.459 e. The summed E-state index contributed by atoms with van der Waals surface area (Å²) < 4.78 is 4.97. The van der Waals surface area contributed by atoms with Gasteiger partial charge in [-0.3, -0.25) is 4.79 Å². The van der Waals surface area contributed by atoms with Crippen molar-refractivity contribution in [3.63, 3.8) is 0 Å². The molecule has 1 fully saturated rings. The lowest BCUT2D eigenvalue weighted by Gasteiger charge is -2.26. The zero-order valence-corrected chi connectivity index (χ0v) is 12.4. The molecule has 0 saturated heterocycles. The van der Waals surface area contributed by atoms with Gasteiger partial charge < -0.3 is 20.4 Å². The molecule has 6 heteroatoms. The van der Waals surface area contributed by atoms with Gasteiger partial charge in [-0.25, -0.2) is 4.79 Å². The highest BCUT2D eigenvalue weighted by atomic mass is 16.3. The van der Waals surface area contributed by atoms with Crippen LogP contribution in [0.4, 0.5) is 4.79 Å². The first kappa shape index (κ1) is 15.4. The second-order valence-electron chi connectivity index (χ2n) is 5.59. The molecule has 0 aromatic carbocycles. The van der Waals surface area contributed by atoms with E-state index < -0.39 is 0 Å². The molecule has 0 atom stereocenters. The molecular formula is C15H23N3O3. The zero-order chi connectivity index (χ0) is 15.1. The molecule has 21 heavy (non-hydrogen) atoms. The van der Waals surface area contributed by atoms with Crippen LogP contribution in [0.5, 0.6) is 0 Å². The fourth-order valence-electron chi connectivity index (χ4n) is 2.49. The van der Waals surface area contributed by atoms with Crippen molar-refractivity contribution in [2.24, 2.45) is 5.92 Å². The van der Waals surface area contributed by atoms with Crippen LogP contribution in [0.2, 0.25) is 0 Å². The lowest BCUT2D eigenvalue weighted by molar-refractivity contribution is 0.0926. The summed E-state index contributed by atoms with van der Waals surface area (Å²) in [6, 6.07) is 3.37. The van der Waals surface area contributed by atoms with Crippen LogP contribution in [0.25, 0.3) is 0 Å². The maximum Gasteiger partial charge on any atom is 0.315 e. The highest BCUT2D eigenvalue weighted by Crippen LogP contribution is 2.23. The van der Waals surface area contributed by atoms with E-state index in [4.69, 9.17) is 4.42 Å². The Morgan fingerprint density at radius 1 is 1.19 bits per heavy atom. The molecule has 0 radical (unpaired) electrons. The van der Waals surface area contributed by atoms with E-state index in [-0.39, 0.29) is 23.7 Å². The summed E-state index contributed by atoms with van der Waals surface area (Å²) >= 11 is 0. The molecule has 0 spiro atoms. The fraction of sp³-hybridized carbons (Fsp3) is 0.600. The molecule has 1 aliphatic carbocycles. The average Bonchev–Trinajstić information content (AvgIpc) is 3.00. The van der Waals surface area contributed by atoms with E-state index in [0.717, 1.165) is 18.8 Å². The van der Waals surface area contributed by atoms with Crippen LogP contribution < -0.4 is 16.0 Å². The van der Waals surface area contributed by atoms with E-state index in [9.17, 15) is 9.59 Å². The summed E-state index contributed by atoms with van der Waals surface area (Å²) in [5.41, 5.74) is 0. The molecule has 0 bridgehead atoms. The molecule has 6 nitrogen and oxygen atoms in total. The summed E-state index contributed by atoms with van der Waals surface area (Å²) in [7, 11) is 0. The molecule has 116 valence electrons. The summed E-state index contributed by atoms with van der Waals surface area (Å²) in [5.74, 6) is 0.766. The standard InChI is InChI=1S/C15H23N3O3/c1-11-4-6-12(7-5-11)18-15(20)17-9-8-16-14(19)13-3-2-10-21-13/h2-3,10-12H,4-9H2,1H3,(H,16,19)(H2,17,18,20). The van der Waals surface area contributed by atoms with Gasteiger partial charge in [0, 0.05) is 19.1 Å². The molecule has 1 aliphatic rings. The van der Waals surface area contributed by atoms with Crippen LogP contribution >= 0.6 is 0 Å². The first-order valence-corrected chi connectivity index (χ1v) is 7.51. The van der Waals surface area contributed by atoms with Gasteiger partial charge in [0.25, 0.3) is 5.91 Å². The Balaban J connectivity index is 1.56. The van der Waals surface area contributed by atoms with Crippen molar-refractivity contribution < 1.29 is 14.0 Å². The molecule has 1 aromatic rings. The number of hydrogen-bond acceptors (Lipinski definition) is 3. The molecule has 3 amide bonds. The van der Waals surface area contributed by atoms with Crippen molar-refractivity contribution in [3.8, 4) is 0 Å². The highest BCUT2D eigenvalue weighted by molar-refractivity contribution is 5.91. The van der Waals surface area contributed by atoms with Gasteiger partial charge >= 0.3 is 6.03 Å². The van der Waals surface area contributed by atoms with Crippen LogP contribution in [-0.4, -0.2) is 31.1 Å². The van der Waals surface area contributed by atoms with Crippen LogP contribution in [0, 0.1) is 5.92 Å². The minimum Gasteiger partial charge on any atom is -0.459 e. The van der Waals surface area contributed by atoms with Crippen LogP contribution in [0.1, 0.15) is 43.2 Å². The third-order valence-electron chi connectivity index (χ3n) is 3.79. The van der Waals surface area contributed by atoms with Crippen molar-refractivity contribution in [2.75, 3.05) is 13.1 Å². The molecular weight excluding hydrogens is 270 g/mol. The highest BCUT2D eigenvalue weighted by Gasteiger charge is 2.19. The second kappa shape index (κ2) is 7.71. The average molecular weight is 293 g/mol. The van der Waals surface area contributed by atoms with Gasteiger partial charge in [-0.15, -0.1) is 0 Å². The van der Waals surface area contributed by atoms with E-state index in [1.165, 1.54) is 19.1 Å². The van der Waals surface area contributed by atoms with Crippen LogP contribution in [0.3, 0.4) is 0 Å². The number of hydrogen-bond donors (Lipinski definition) is 3. The minimum absolute atomic E-state index is 0.165. The predicted molar refractivity (Wildman–Crippen MR) is 79.0 cm³/mol. The normalized spacial score (nSPS) is 21.6. The molecule has 0 aliphatic heterocycles. The number of carbonyl (C=O) groups is 2. The maximum absolute atomic E-state index is 11.7. The van der Waals surface area contributed by atoms with Crippen molar-refractivity contribution in [1.82, 2.24) is 16.0 Å². The lowest BCUT2D eigenvalue weighted by atomic mass is 9.87. The van der Waals surface area contributed by atoms with Gasteiger partial charge in [0.1, 0.15) is 0 Å². The van der Waals surface area contributed by atoms with Gasteiger partial charge in [-0.2, -0.15) is 0 Å². The number of urea groups is 1. The quantitative estimate of drug-likeness (QED) is 0.725. The molecule has 1 heterocycles. The number of rotatable bonds is 5. The van der Waals surface area contributed by atoms with Crippen molar-refractivity contribution >= 4 is 11.9 Å². The summed E-state index contributed by atoms with van der Waals surface area (Å²) in [5, 5.41) is 8.39. The van der Waals surface area contributed by atoms with Gasteiger partial charge in [0.05, 0.1) is 6.26 Å². The molecule has 1 aromatic heterocycles. The Kier molecular flexibility index (Phi) is 5.66. The van der Waals surface area contributed by atoms with Gasteiger partial charge in [0.2, 0.25) is 0 Å².